The van der Waals surface area contributed by atoms with E-state index in [9.17, 15) is 4.79 Å². The fourth-order valence-electron chi connectivity index (χ4n) is 3.64. The van der Waals surface area contributed by atoms with Crippen molar-refractivity contribution >= 4 is 5.97 Å². The predicted molar refractivity (Wildman–Crippen MR) is 115 cm³/mol. The van der Waals surface area contributed by atoms with Gasteiger partial charge in [-0.1, -0.05) is 72.8 Å². The number of esters is 1. The third kappa shape index (κ3) is 5.32. The number of hydrogen-bond donors (Lipinski definition) is 0. The van der Waals surface area contributed by atoms with E-state index in [2.05, 4.69) is 60.7 Å². The van der Waals surface area contributed by atoms with Crippen LogP contribution in [0.1, 0.15) is 45.1 Å². The van der Waals surface area contributed by atoms with Gasteiger partial charge in [-0.3, -0.25) is 0 Å². The summed E-state index contributed by atoms with van der Waals surface area (Å²) in [5.41, 5.74) is 6.72. The number of rotatable bonds is 8. The molecule has 0 saturated carbocycles. The summed E-state index contributed by atoms with van der Waals surface area (Å²) >= 11 is 0. The molecule has 0 amide bonds. The van der Waals surface area contributed by atoms with Gasteiger partial charge in [0, 0.05) is 0 Å². The lowest BCUT2D eigenvalue weighted by molar-refractivity contribution is 0.0524. The van der Waals surface area contributed by atoms with E-state index in [0.29, 0.717) is 6.61 Å². The maximum absolute atomic E-state index is 12.6. The molecular weight excluding hydrogens is 344 g/mol. The van der Waals surface area contributed by atoms with Crippen molar-refractivity contribution in [2.24, 2.45) is 0 Å². The minimum atomic E-state index is -0.210. The molecule has 0 aliphatic carbocycles. The largest absolute Gasteiger partial charge is 0.462 e. The molecule has 0 heterocycles. The Morgan fingerprint density at radius 1 is 0.750 bits per heavy atom. The first-order valence-electron chi connectivity index (χ1n) is 10.0. The second-order valence-electron chi connectivity index (χ2n) is 7.14. The molecule has 0 atom stereocenters. The number of ether oxygens (including phenoxy) is 1. The van der Waals surface area contributed by atoms with Gasteiger partial charge in [-0.05, 0) is 67.3 Å². The topological polar surface area (TPSA) is 26.3 Å². The molecule has 0 aliphatic rings. The van der Waals surface area contributed by atoms with Crippen molar-refractivity contribution in [1.82, 2.24) is 0 Å². The van der Waals surface area contributed by atoms with Gasteiger partial charge in [0.2, 0.25) is 0 Å². The van der Waals surface area contributed by atoms with Gasteiger partial charge in [-0.15, -0.1) is 0 Å². The molecule has 2 nitrogen and oxygen atoms in total. The maximum atomic E-state index is 12.6. The lowest BCUT2D eigenvalue weighted by Crippen LogP contribution is -2.12. The fourth-order valence-corrected chi connectivity index (χ4v) is 3.64. The minimum absolute atomic E-state index is 0.210. The van der Waals surface area contributed by atoms with Gasteiger partial charge < -0.3 is 4.74 Å². The lowest BCUT2D eigenvalue weighted by atomic mass is 9.92. The zero-order valence-corrected chi connectivity index (χ0v) is 16.8. The van der Waals surface area contributed by atoms with Crippen molar-refractivity contribution in [3.05, 3.63) is 106 Å². The standard InChI is InChI=1S/C26H28O2/c1-3-28-26(27)25-20(2)18-23(15-14-21-10-6-4-7-11-21)19-24(25)17-16-22-12-8-5-9-13-22/h4-13,18-19H,3,14-17H2,1-2H3. The molecule has 3 aromatic carbocycles. The van der Waals surface area contributed by atoms with Crippen LogP contribution in [0.2, 0.25) is 0 Å². The molecule has 0 radical (unpaired) electrons. The van der Waals surface area contributed by atoms with Gasteiger partial charge in [-0.2, -0.15) is 0 Å². The second-order valence-corrected chi connectivity index (χ2v) is 7.14. The highest BCUT2D eigenvalue weighted by Crippen LogP contribution is 2.22. The smallest absolute Gasteiger partial charge is 0.338 e. The molecule has 0 aromatic heterocycles. The van der Waals surface area contributed by atoms with E-state index in [-0.39, 0.29) is 5.97 Å². The molecule has 0 fully saturated rings. The van der Waals surface area contributed by atoms with Crippen LogP contribution in [0, 0.1) is 6.92 Å². The maximum Gasteiger partial charge on any atom is 0.338 e. The summed E-state index contributed by atoms with van der Waals surface area (Å²) in [6, 6.07) is 25.3. The molecule has 0 N–H and O–H groups in total. The normalized spacial score (nSPS) is 10.6. The molecule has 28 heavy (non-hydrogen) atoms. The average Bonchev–Trinajstić information content (AvgIpc) is 2.72. The molecule has 2 heteroatoms. The van der Waals surface area contributed by atoms with Crippen molar-refractivity contribution in [2.75, 3.05) is 6.61 Å². The molecule has 0 unspecified atom stereocenters. The molecule has 0 bridgehead atoms. The number of hydrogen-bond acceptors (Lipinski definition) is 2. The lowest BCUT2D eigenvalue weighted by Gasteiger charge is -2.15. The quantitative estimate of drug-likeness (QED) is 0.471. The van der Waals surface area contributed by atoms with E-state index in [0.717, 1.165) is 42.4 Å². The Morgan fingerprint density at radius 2 is 1.29 bits per heavy atom. The molecular formula is C26H28O2. The summed E-state index contributed by atoms with van der Waals surface area (Å²) in [6.07, 6.45) is 3.70. The highest BCUT2D eigenvalue weighted by atomic mass is 16.5. The highest BCUT2D eigenvalue weighted by molar-refractivity contribution is 5.93. The summed E-state index contributed by atoms with van der Waals surface area (Å²) in [6.45, 7) is 4.27. The molecule has 3 aromatic rings. The Balaban J connectivity index is 1.83. The van der Waals surface area contributed by atoms with Crippen LogP contribution in [0.25, 0.3) is 0 Å². The van der Waals surface area contributed by atoms with Crippen LogP contribution in [0.15, 0.2) is 72.8 Å². The van der Waals surface area contributed by atoms with Gasteiger partial charge in [0.25, 0.3) is 0 Å². The Kier molecular flexibility index (Phi) is 7.02. The van der Waals surface area contributed by atoms with Crippen LogP contribution < -0.4 is 0 Å². The minimum Gasteiger partial charge on any atom is -0.462 e. The average molecular weight is 373 g/mol. The monoisotopic (exact) mass is 372 g/mol. The van der Waals surface area contributed by atoms with E-state index in [4.69, 9.17) is 4.74 Å². The molecule has 144 valence electrons. The van der Waals surface area contributed by atoms with E-state index in [1.807, 2.05) is 26.0 Å². The van der Waals surface area contributed by atoms with Crippen molar-refractivity contribution in [3.63, 3.8) is 0 Å². The summed E-state index contributed by atoms with van der Waals surface area (Å²) in [5.74, 6) is -0.210. The van der Waals surface area contributed by atoms with Crippen LogP contribution >= 0.6 is 0 Å². The van der Waals surface area contributed by atoms with Gasteiger partial charge in [0.15, 0.2) is 0 Å². The number of carbonyl (C=O) groups excluding carboxylic acids is 1. The van der Waals surface area contributed by atoms with Gasteiger partial charge >= 0.3 is 5.97 Å². The SMILES string of the molecule is CCOC(=O)c1c(C)cc(CCc2ccccc2)cc1CCc1ccccc1. The Morgan fingerprint density at radius 3 is 1.86 bits per heavy atom. The van der Waals surface area contributed by atoms with Crippen LogP contribution in [0.3, 0.4) is 0 Å². The Bertz CT molecular complexity index is 898. The first-order valence-corrected chi connectivity index (χ1v) is 10.0. The van der Waals surface area contributed by atoms with E-state index in [1.165, 1.54) is 16.7 Å². The first kappa shape index (κ1) is 19.9. The fraction of sp³-hybridized carbons (Fsp3) is 0.269. The summed E-state index contributed by atoms with van der Waals surface area (Å²) in [7, 11) is 0. The Labute approximate surface area is 168 Å². The van der Waals surface area contributed by atoms with E-state index < -0.39 is 0 Å². The first-order chi connectivity index (χ1) is 13.7. The zero-order valence-electron chi connectivity index (χ0n) is 16.8. The van der Waals surface area contributed by atoms with E-state index in [1.54, 1.807) is 0 Å². The van der Waals surface area contributed by atoms with Crippen molar-refractivity contribution in [2.45, 2.75) is 39.5 Å². The zero-order chi connectivity index (χ0) is 19.8. The highest BCUT2D eigenvalue weighted by Gasteiger charge is 2.17. The van der Waals surface area contributed by atoms with Crippen LogP contribution in [0.5, 0.6) is 0 Å². The van der Waals surface area contributed by atoms with Crippen LogP contribution in [-0.4, -0.2) is 12.6 Å². The van der Waals surface area contributed by atoms with Crippen molar-refractivity contribution in [1.29, 1.82) is 0 Å². The van der Waals surface area contributed by atoms with Crippen molar-refractivity contribution < 1.29 is 9.53 Å². The number of aryl methyl sites for hydroxylation is 5. The third-order valence-electron chi connectivity index (χ3n) is 5.03. The third-order valence-corrected chi connectivity index (χ3v) is 5.03. The predicted octanol–water partition coefficient (Wildman–Crippen LogP) is 5.74. The van der Waals surface area contributed by atoms with Crippen LogP contribution in [0.4, 0.5) is 0 Å². The van der Waals surface area contributed by atoms with Gasteiger partial charge in [0.05, 0.1) is 12.2 Å². The molecule has 0 aliphatic heterocycles. The molecule has 3 rings (SSSR count). The molecule has 0 spiro atoms. The summed E-state index contributed by atoms with van der Waals surface area (Å²) in [4.78, 5) is 12.6. The summed E-state index contributed by atoms with van der Waals surface area (Å²) < 4.78 is 5.33. The van der Waals surface area contributed by atoms with Gasteiger partial charge in [0.1, 0.15) is 0 Å². The van der Waals surface area contributed by atoms with E-state index >= 15 is 0 Å². The second kappa shape index (κ2) is 9.89. The number of carbonyl (C=O) groups is 1. The number of benzene rings is 3. The Hall–Kier alpha value is -2.87. The van der Waals surface area contributed by atoms with Crippen LogP contribution in [-0.2, 0) is 30.4 Å². The van der Waals surface area contributed by atoms with Crippen molar-refractivity contribution in [3.8, 4) is 0 Å². The van der Waals surface area contributed by atoms with Gasteiger partial charge in [-0.25, -0.2) is 4.79 Å². The molecule has 0 saturated heterocycles. The summed E-state index contributed by atoms with van der Waals surface area (Å²) in [5, 5.41) is 0.